The summed E-state index contributed by atoms with van der Waals surface area (Å²) in [5, 5.41) is 17.0. The molecule has 2 heterocycles. The van der Waals surface area contributed by atoms with Crippen LogP contribution in [0.5, 0.6) is 0 Å². The molecule has 0 spiro atoms. The predicted octanol–water partition coefficient (Wildman–Crippen LogP) is 6.61. The molecule has 0 aromatic heterocycles. The summed E-state index contributed by atoms with van der Waals surface area (Å²) in [4.78, 5) is 94.0. The van der Waals surface area contributed by atoms with E-state index >= 15 is 0 Å². The first-order valence-corrected chi connectivity index (χ1v) is 28.5. The molecule has 8 N–H and O–H groups in total. The molecule has 3 aromatic rings. The lowest BCUT2D eigenvalue weighted by molar-refractivity contribution is -0.129. The molecule has 5 amide bonds. The second-order valence-corrected chi connectivity index (χ2v) is 23.0. The van der Waals surface area contributed by atoms with Gasteiger partial charge < -0.3 is 56.9 Å². The molecule has 2 saturated heterocycles. The van der Waals surface area contributed by atoms with E-state index in [1.807, 2.05) is 43.7 Å². The summed E-state index contributed by atoms with van der Waals surface area (Å²) in [6.45, 7) is 19.3. The van der Waals surface area contributed by atoms with Crippen LogP contribution in [0.15, 0.2) is 60.7 Å². The van der Waals surface area contributed by atoms with Crippen molar-refractivity contribution < 1.29 is 47.1 Å². The van der Waals surface area contributed by atoms with Gasteiger partial charge in [-0.05, 0) is 181 Å². The van der Waals surface area contributed by atoms with Gasteiger partial charge in [0.25, 0.3) is 5.91 Å². The summed E-state index contributed by atoms with van der Waals surface area (Å²) in [5.74, 6) is 0.293. The van der Waals surface area contributed by atoms with Crippen molar-refractivity contribution in [3.63, 3.8) is 0 Å². The molecule has 7 unspecified atom stereocenters. The molecule has 2 aliphatic carbocycles. The van der Waals surface area contributed by atoms with Crippen molar-refractivity contribution in [1.82, 2.24) is 41.7 Å². The van der Waals surface area contributed by atoms with Gasteiger partial charge >= 0.3 is 0 Å². The third-order valence-corrected chi connectivity index (χ3v) is 14.1. The number of rotatable bonds is 16. The Balaban J connectivity index is 0.000000382. The average molecular weight is 1130 g/mol. The van der Waals surface area contributed by atoms with Crippen LogP contribution in [0, 0.1) is 28.9 Å². The van der Waals surface area contributed by atoms with Gasteiger partial charge in [-0.2, -0.15) is 0 Å². The minimum Gasteiger partial charge on any atom is -0.366 e. The quantitative estimate of drug-likeness (QED) is 0.0750. The number of hydrogen-bond acceptors (Lipinski definition) is 12. The fourth-order valence-electron chi connectivity index (χ4n) is 9.56. The number of halogens is 2. The Bertz CT molecular complexity index is 2460. The van der Waals surface area contributed by atoms with E-state index in [0.717, 1.165) is 93.1 Å². The second kappa shape index (κ2) is 36.9. The summed E-state index contributed by atoms with van der Waals surface area (Å²) in [6.07, 6.45) is 11.8. The number of hydrogen-bond donors (Lipinski definition) is 7. The first kappa shape index (κ1) is 70.8. The fraction of sp³-hybridized carbons (Fsp3) is 0.581. The van der Waals surface area contributed by atoms with Crippen molar-refractivity contribution in [2.45, 2.75) is 156 Å². The van der Waals surface area contributed by atoms with Crippen LogP contribution in [0.3, 0.4) is 0 Å². The van der Waals surface area contributed by atoms with Crippen LogP contribution in [0.25, 0.3) is 0 Å². The molecular weight excluding hydrogens is 1040 g/mol. The van der Waals surface area contributed by atoms with Crippen molar-refractivity contribution in [3.05, 3.63) is 106 Å². The molecule has 7 rings (SSSR count). The maximum Gasteiger partial charge on any atom is 0.251 e. The molecule has 81 heavy (non-hydrogen) atoms. The van der Waals surface area contributed by atoms with E-state index in [1.165, 1.54) is 36.6 Å². The third-order valence-electron chi connectivity index (χ3n) is 14.1. The average Bonchev–Trinajstić information content (AvgIpc) is 4.17. The molecular formula is C62H95F2N9O8. The Morgan fingerprint density at radius 3 is 1.83 bits per heavy atom. The number of nitrogens with zero attached hydrogens (tertiary/aromatic N) is 2. The van der Waals surface area contributed by atoms with Crippen molar-refractivity contribution in [2.24, 2.45) is 23.0 Å². The molecule has 2 fully saturated rings. The number of aryl methyl sites for hydroxylation is 2. The zero-order valence-electron chi connectivity index (χ0n) is 50.2. The topological polar surface area (TPSA) is 241 Å². The number of fused-ring (bicyclic) bond motifs is 2. The van der Waals surface area contributed by atoms with Crippen LogP contribution in [0.4, 0.5) is 8.78 Å². The smallest absolute Gasteiger partial charge is 0.251 e. The van der Waals surface area contributed by atoms with Crippen LogP contribution in [0.2, 0.25) is 0 Å². The Morgan fingerprint density at radius 1 is 0.741 bits per heavy atom. The molecule has 0 saturated carbocycles. The molecule has 3 aromatic carbocycles. The van der Waals surface area contributed by atoms with Gasteiger partial charge in [-0.15, -0.1) is 0 Å². The SMILES string of the molecule is CC(C)C.CC(CC=O)C1CCCc2cc(F)ccc21.CN1CC(NC(=O)c2cccc(C(N)=O)c2)CC1C(=O)NC1CCCc2cc(F)ccc21.CNC(C)C=O.CNCC(=O)N1CCCC1.CNCC(=O)NC(C=O)C(C)(C)C. The zero-order chi connectivity index (χ0) is 60.8. The van der Waals surface area contributed by atoms with Gasteiger partial charge in [-0.25, -0.2) is 8.78 Å². The largest absolute Gasteiger partial charge is 0.366 e. The number of nitrogens with one attached hydrogen (secondary N) is 6. The van der Waals surface area contributed by atoms with E-state index in [-0.39, 0.29) is 77.0 Å². The molecule has 17 nitrogen and oxygen atoms in total. The van der Waals surface area contributed by atoms with Crippen molar-refractivity contribution in [2.75, 3.05) is 60.9 Å². The zero-order valence-corrected chi connectivity index (χ0v) is 50.2. The maximum absolute atomic E-state index is 13.6. The number of primary amides is 1. The number of amides is 5. The Kier molecular flexibility index (Phi) is 32.3. The van der Waals surface area contributed by atoms with E-state index in [1.54, 1.807) is 64.5 Å². The first-order chi connectivity index (χ1) is 38.3. The highest BCUT2D eigenvalue weighted by atomic mass is 19.1. The van der Waals surface area contributed by atoms with E-state index in [2.05, 4.69) is 59.6 Å². The highest BCUT2D eigenvalue weighted by Crippen LogP contribution is 2.38. The van der Waals surface area contributed by atoms with Crippen LogP contribution < -0.4 is 37.6 Å². The third kappa shape index (κ3) is 25.6. The van der Waals surface area contributed by atoms with Gasteiger partial charge in [0, 0.05) is 43.2 Å². The summed E-state index contributed by atoms with van der Waals surface area (Å²) in [7, 11) is 7.09. The number of carbonyl (C=O) groups is 8. The fourth-order valence-corrected chi connectivity index (χ4v) is 9.56. The normalized spacial score (nSPS) is 19.0. The van der Waals surface area contributed by atoms with Crippen LogP contribution in [-0.4, -0.2) is 143 Å². The second-order valence-electron chi connectivity index (χ2n) is 23.0. The first-order valence-electron chi connectivity index (χ1n) is 28.5. The molecule has 19 heteroatoms. The maximum atomic E-state index is 13.6. The lowest BCUT2D eigenvalue weighted by atomic mass is 9.75. The molecule has 7 atom stereocenters. The molecule has 450 valence electrons. The summed E-state index contributed by atoms with van der Waals surface area (Å²) in [5.41, 5.74) is 9.99. The highest BCUT2D eigenvalue weighted by Gasteiger charge is 2.37. The molecule has 4 aliphatic rings. The standard InChI is InChI=1S/C24H27FN4O3.C14H17FO.C9H18N2O2.C7H14N2O.C4H9NO.C4H10/c1-29-13-18(27-23(31)16-6-2-5-15(10-16)22(26)30)12-21(29)24(32)28-20-7-3-4-14-11-17(25)8-9-19(14)20;1-10(7-8-16)13-4-2-3-11-9-12(15)5-6-14(11)13;1-9(2,3)7(6-12)11-8(13)5-10-4;1-8-6-7(10)9-4-2-3-5-9;1-4(3-6)5-2;1-4(2)3/h2,5-6,8-11,18,20-21H,3-4,7,12-13H2,1H3,(H2,26,30)(H,27,31)(H,28,32);5-6,8-10,13H,2-4,7H2,1H3;6-7,10H,5H2,1-4H3,(H,11,13);8H,2-6H2,1H3;3-5H,1-2H3;4H,1-3H3. The minimum atomic E-state index is -0.594. The van der Waals surface area contributed by atoms with Crippen molar-refractivity contribution in [1.29, 1.82) is 0 Å². The van der Waals surface area contributed by atoms with Gasteiger partial charge in [0.05, 0.1) is 37.3 Å². The number of benzene rings is 3. The van der Waals surface area contributed by atoms with E-state index in [4.69, 9.17) is 5.73 Å². The van der Waals surface area contributed by atoms with Gasteiger partial charge in [-0.1, -0.05) is 66.7 Å². The Hall–Kier alpha value is -6.28. The number of likely N-dealkylation sites (N-methyl/N-ethyl adjacent to an activating group) is 4. The highest BCUT2D eigenvalue weighted by molar-refractivity contribution is 5.99. The molecule has 0 radical (unpaired) electrons. The van der Waals surface area contributed by atoms with Crippen LogP contribution in [-0.2, 0) is 41.6 Å². The monoisotopic (exact) mass is 1130 g/mol. The summed E-state index contributed by atoms with van der Waals surface area (Å²) < 4.78 is 26.7. The minimum absolute atomic E-state index is 0.00463. The Morgan fingerprint density at radius 2 is 1.31 bits per heavy atom. The van der Waals surface area contributed by atoms with Gasteiger partial charge in [0.15, 0.2) is 0 Å². The Labute approximate surface area is 480 Å². The van der Waals surface area contributed by atoms with Crippen molar-refractivity contribution >= 4 is 48.4 Å². The molecule has 2 aliphatic heterocycles. The lowest BCUT2D eigenvalue weighted by Crippen LogP contribution is -2.47. The van der Waals surface area contributed by atoms with Crippen molar-refractivity contribution in [3.8, 4) is 0 Å². The summed E-state index contributed by atoms with van der Waals surface area (Å²) in [6, 6.07) is 14.9. The van der Waals surface area contributed by atoms with Gasteiger partial charge in [-0.3, -0.25) is 28.9 Å². The number of nitrogens with two attached hydrogens (primary N) is 1. The molecule has 0 bridgehead atoms. The van der Waals surface area contributed by atoms with E-state index in [0.29, 0.717) is 43.3 Å². The number of carbonyl (C=O) groups excluding carboxylic acids is 8. The van der Waals surface area contributed by atoms with Crippen LogP contribution in [0.1, 0.15) is 162 Å². The number of aldehydes is 3. The van der Waals surface area contributed by atoms with E-state index < -0.39 is 11.9 Å². The van der Waals surface area contributed by atoms with Gasteiger partial charge in [0.2, 0.25) is 23.6 Å². The van der Waals surface area contributed by atoms with Crippen LogP contribution >= 0.6 is 0 Å². The summed E-state index contributed by atoms with van der Waals surface area (Å²) >= 11 is 0. The number of likely N-dealkylation sites (tertiary alicyclic amines) is 2. The van der Waals surface area contributed by atoms with Gasteiger partial charge in [0.1, 0.15) is 30.5 Å². The van der Waals surface area contributed by atoms with E-state index in [9.17, 15) is 47.1 Å². The predicted molar refractivity (Wildman–Crippen MR) is 316 cm³/mol. The lowest BCUT2D eigenvalue weighted by Gasteiger charge is -2.29.